The van der Waals surface area contributed by atoms with Gasteiger partial charge in [-0.15, -0.1) is 0 Å². The Labute approximate surface area is 117 Å². The molecule has 0 radical (unpaired) electrons. The summed E-state index contributed by atoms with van der Waals surface area (Å²) in [6.45, 7) is 5.13. The highest BCUT2D eigenvalue weighted by molar-refractivity contribution is 14.1. The van der Waals surface area contributed by atoms with Crippen molar-refractivity contribution in [3.63, 3.8) is 0 Å². The summed E-state index contributed by atoms with van der Waals surface area (Å²) >= 11 is 2.29. The quantitative estimate of drug-likeness (QED) is 0.608. The lowest BCUT2D eigenvalue weighted by atomic mass is 10.1. The Morgan fingerprint density at radius 1 is 1.12 bits per heavy atom. The van der Waals surface area contributed by atoms with Gasteiger partial charge >= 0.3 is 0 Å². The minimum Gasteiger partial charge on any atom is -0.351 e. The van der Waals surface area contributed by atoms with Crippen molar-refractivity contribution >= 4 is 22.6 Å². The molecule has 17 heavy (non-hydrogen) atoms. The van der Waals surface area contributed by atoms with Crippen LogP contribution in [0.15, 0.2) is 24.3 Å². The molecule has 0 saturated heterocycles. The fourth-order valence-electron chi connectivity index (χ4n) is 1.61. The maximum absolute atomic E-state index is 6.11. The lowest BCUT2D eigenvalue weighted by Gasteiger charge is -2.23. The number of nitrogens with two attached hydrogens (primary N) is 1. The van der Waals surface area contributed by atoms with Crippen LogP contribution in [0.5, 0.6) is 0 Å². The molecular weight excluding hydrogens is 329 g/mol. The summed E-state index contributed by atoms with van der Waals surface area (Å²) in [5.41, 5.74) is 7.32. The Morgan fingerprint density at radius 3 is 2.12 bits per heavy atom. The van der Waals surface area contributed by atoms with E-state index < -0.39 is 0 Å². The van der Waals surface area contributed by atoms with Crippen LogP contribution >= 0.6 is 22.6 Å². The van der Waals surface area contributed by atoms with Gasteiger partial charge in [0.1, 0.15) is 0 Å². The van der Waals surface area contributed by atoms with Gasteiger partial charge in [0.05, 0.1) is 6.04 Å². The van der Waals surface area contributed by atoms with E-state index in [9.17, 15) is 0 Å². The molecule has 0 aliphatic carbocycles. The molecule has 0 bridgehead atoms. The summed E-state index contributed by atoms with van der Waals surface area (Å²) in [6, 6.07) is 8.22. The highest BCUT2D eigenvalue weighted by Gasteiger charge is 2.18. The minimum absolute atomic E-state index is 0.130. The lowest BCUT2D eigenvalue weighted by molar-refractivity contribution is -0.148. The zero-order valence-corrected chi connectivity index (χ0v) is 12.5. The Morgan fingerprint density at radius 2 is 1.65 bits per heavy atom. The summed E-state index contributed by atoms with van der Waals surface area (Å²) in [7, 11) is 0. The average molecular weight is 349 g/mol. The Bertz CT molecular complexity index is 310. The van der Waals surface area contributed by atoms with Gasteiger partial charge in [0.25, 0.3) is 0 Å². The first kappa shape index (κ1) is 14.9. The van der Waals surface area contributed by atoms with Crippen LogP contribution in [0.25, 0.3) is 0 Å². The van der Waals surface area contributed by atoms with Crippen LogP contribution in [0.2, 0.25) is 0 Å². The molecular formula is C13H20INO2. The minimum atomic E-state index is -0.315. The predicted molar refractivity (Wildman–Crippen MR) is 77.9 cm³/mol. The highest BCUT2D eigenvalue weighted by atomic mass is 127. The van der Waals surface area contributed by atoms with E-state index in [1.807, 2.05) is 13.8 Å². The second kappa shape index (κ2) is 8.02. The van der Waals surface area contributed by atoms with Gasteiger partial charge in [-0.3, -0.25) is 0 Å². The van der Waals surface area contributed by atoms with Gasteiger partial charge in [-0.2, -0.15) is 0 Å². The lowest BCUT2D eigenvalue weighted by Crippen LogP contribution is -2.40. The van der Waals surface area contributed by atoms with Crippen molar-refractivity contribution < 1.29 is 9.47 Å². The van der Waals surface area contributed by atoms with Gasteiger partial charge in [0.15, 0.2) is 6.29 Å². The third kappa shape index (κ3) is 5.33. The molecule has 0 heterocycles. The molecule has 1 aromatic rings. The standard InChI is InChI=1S/C13H20INO2/c1-3-16-13(17-4-2)12(15)9-10-5-7-11(14)8-6-10/h5-8,12-13H,3-4,9,15H2,1-2H3. The number of hydrogen-bond acceptors (Lipinski definition) is 3. The van der Waals surface area contributed by atoms with Crippen LogP contribution in [-0.2, 0) is 15.9 Å². The molecule has 1 atom stereocenters. The predicted octanol–water partition coefficient (Wildman–Crippen LogP) is 2.56. The van der Waals surface area contributed by atoms with Gasteiger partial charge in [-0.1, -0.05) is 12.1 Å². The molecule has 1 rings (SSSR count). The maximum atomic E-state index is 6.11. The molecule has 0 saturated carbocycles. The fourth-order valence-corrected chi connectivity index (χ4v) is 1.97. The summed E-state index contributed by atoms with van der Waals surface area (Å²) in [4.78, 5) is 0. The Balaban J connectivity index is 2.55. The van der Waals surface area contributed by atoms with Gasteiger partial charge in [-0.05, 0) is 60.6 Å². The van der Waals surface area contributed by atoms with E-state index in [4.69, 9.17) is 15.2 Å². The molecule has 96 valence electrons. The summed E-state index contributed by atoms with van der Waals surface area (Å²) in [5, 5.41) is 0. The van der Waals surface area contributed by atoms with Crippen molar-refractivity contribution in [2.45, 2.75) is 32.6 Å². The molecule has 3 nitrogen and oxygen atoms in total. The average Bonchev–Trinajstić information content (AvgIpc) is 2.32. The number of ether oxygens (including phenoxy) is 2. The molecule has 0 aliphatic heterocycles. The van der Waals surface area contributed by atoms with Gasteiger partial charge in [0.2, 0.25) is 0 Å². The molecule has 0 aromatic heterocycles. The largest absolute Gasteiger partial charge is 0.351 e. The van der Waals surface area contributed by atoms with Crippen LogP contribution in [0.3, 0.4) is 0 Å². The molecule has 1 unspecified atom stereocenters. The number of hydrogen-bond donors (Lipinski definition) is 1. The molecule has 1 aromatic carbocycles. The summed E-state index contributed by atoms with van der Waals surface area (Å²) < 4.78 is 12.2. The first-order valence-corrected chi connectivity index (χ1v) is 6.98. The van der Waals surface area contributed by atoms with E-state index in [0.717, 1.165) is 6.42 Å². The van der Waals surface area contributed by atoms with E-state index >= 15 is 0 Å². The van der Waals surface area contributed by atoms with Gasteiger partial charge in [-0.25, -0.2) is 0 Å². The molecule has 4 heteroatoms. The molecule has 0 spiro atoms. The molecule has 0 aliphatic rings. The van der Waals surface area contributed by atoms with Crippen LogP contribution < -0.4 is 5.73 Å². The van der Waals surface area contributed by atoms with Crippen molar-refractivity contribution in [2.24, 2.45) is 5.73 Å². The van der Waals surface area contributed by atoms with E-state index in [1.165, 1.54) is 9.13 Å². The third-order valence-electron chi connectivity index (χ3n) is 2.40. The van der Waals surface area contributed by atoms with Crippen LogP contribution in [0, 0.1) is 3.57 Å². The van der Waals surface area contributed by atoms with Crippen molar-refractivity contribution in [2.75, 3.05) is 13.2 Å². The SMILES string of the molecule is CCOC(OCC)C(N)Cc1ccc(I)cc1. The second-order valence-corrected chi connectivity index (χ2v) is 5.02. The Hall–Kier alpha value is -0.170. The van der Waals surface area contributed by atoms with E-state index in [1.54, 1.807) is 0 Å². The molecule has 0 amide bonds. The highest BCUT2D eigenvalue weighted by Crippen LogP contribution is 2.11. The van der Waals surface area contributed by atoms with Crippen LogP contribution in [0.1, 0.15) is 19.4 Å². The summed E-state index contributed by atoms with van der Waals surface area (Å²) in [5.74, 6) is 0. The van der Waals surface area contributed by atoms with Crippen molar-refractivity contribution in [3.8, 4) is 0 Å². The smallest absolute Gasteiger partial charge is 0.172 e. The van der Waals surface area contributed by atoms with E-state index in [-0.39, 0.29) is 12.3 Å². The van der Waals surface area contributed by atoms with E-state index in [0.29, 0.717) is 13.2 Å². The van der Waals surface area contributed by atoms with E-state index in [2.05, 4.69) is 46.9 Å². The number of rotatable bonds is 7. The van der Waals surface area contributed by atoms with Gasteiger partial charge in [0, 0.05) is 16.8 Å². The zero-order valence-electron chi connectivity index (χ0n) is 10.4. The molecule has 0 fully saturated rings. The first-order valence-electron chi connectivity index (χ1n) is 5.90. The van der Waals surface area contributed by atoms with Crippen molar-refractivity contribution in [3.05, 3.63) is 33.4 Å². The molecule has 2 N–H and O–H groups in total. The number of halogens is 1. The Kier molecular flexibility index (Phi) is 7.03. The van der Waals surface area contributed by atoms with Crippen molar-refractivity contribution in [1.29, 1.82) is 0 Å². The second-order valence-electron chi connectivity index (χ2n) is 3.77. The third-order valence-corrected chi connectivity index (χ3v) is 3.12. The normalized spacial score (nSPS) is 13.0. The summed E-state index contributed by atoms with van der Waals surface area (Å²) in [6.07, 6.45) is 0.450. The van der Waals surface area contributed by atoms with Crippen LogP contribution in [0.4, 0.5) is 0 Å². The maximum Gasteiger partial charge on any atom is 0.172 e. The number of benzene rings is 1. The first-order chi connectivity index (χ1) is 8.17. The van der Waals surface area contributed by atoms with Crippen molar-refractivity contribution in [1.82, 2.24) is 0 Å². The topological polar surface area (TPSA) is 44.5 Å². The zero-order chi connectivity index (χ0) is 12.7. The monoisotopic (exact) mass is 349 g/mol. The van der Waals surface area contributed by atoms with Gasteiger partial charge < -0.3 is 15.2 Å². The van der Waals surface area contributed by atoms with Crippen LogP contribution in [-0.4, -0.2) is 25.5 Å². The fraction of sp³-hybridized carbons (Fsp3) is 0.538.